The molecule has 2 heteroatoms. The van der Waals surface area contributed by atoms with Crippen molar-refractivity contribution in [2.45, 2.75) is 25.8 Å². The van der Waals surface area contributed by atoms with Crippen molar-refractivity contribution in [3.63, 3.8) is 0 Å². The first kappa shape index (κ1) is 14.3. The molecule has 0 aliphatic heterocycles. The molecular weight excluding hydrogens is 274 g/mol. The number of thiophene rings is 1. The Kier molecular flexibility index (Phi) is 4.37. The third-order valence-corrected chi connectivity index (χ3v) is 5.08. The van der Waals surface area contributed by atoms with Gasteiger partial charge in [0.25, 0.3) is 0 Å². The average Bonchev–Trinajstić information content (AvgIpc) is 2.97. The number of rotatable bonds is 5. The Hall–Kier alpha value is -1.64. The normalized spacial score (nSPS) is 14.2. The SMILES string of the molecule is CCNC(c1csc2ccccc12)C(C)c1ccccc1. The fraction of sp³-hybridized carbons (Fsp3) is 0.263. The highest BCUT2D eigenvalue weighted by molar-refractivity contribution is 7.17. The quantitative estimate of drug-likeness (QED) is 0.668. The first-order chi connectivity index (χ1) is 10.3. The van der Waals surface area contributed by atoms with Crippen molar-refractivity contribution in [1.29, 1.82) is 0 Å². The van der Waals surface area contributed by atoms with Gasteiger partial charge in [-0.3, -0.25) is 0 Å². The summed E-state index contributed by atoms with van der Waals surface area (Å²) < 4.78 is 1.37. The number of hydrogen-bond donors (Lipinski definition) is 1. The Morgan fingerprint density at radius 2 is 1.71 bits per heavy atom. The molecule has 1 heterocycles. The van der Waals surface area contributed by atoms with Crippen molar-refractivity contribution in [2.75, 3.05) is 6.54 Å². The molecule has 0 fully saturated rings. The average molecular weight is 295 g/mol. The molecule has 2 atom stereocenters. The summed E-state index contributed by atoms with van der Waals surface area (Å²) in [7, 11) is 0. The van der Waals surface area contributed by atoms with Crippen LogP contribution in [0.3, 0.4) is 0 Å². The molecule has 2 aromatic carbocycles. The summed E-state index contributed by atoms with van der Waals surface area (Å²) in [6.45, 7) is 5.47. The maximum atomic E-state index is 3.68. The number of benzene rings is 2. The summed E-state index contributed by atoms with van der Waals surface area (Å²) in [5, 5.41) is 7.38. The van der Waals surface area contributed by atoms with Gasteiger partial charge in [0.1, 0.15) is 0 Å². The molecule has 0 radical (unpaired) electrons. The van der Waals surface area contributed by atoms with E-state index in [0.29, 0.717) is 12.0 Å². The van der Waals surface area contributed by atoms with Crippen LogP contribution in [0, 0.1) is 0 Å². The summed E-state index contributed by atoms with van der Waals surface area (Å²) in [6.07, 6.45) is 0. The second-order valence-electron chi connectivity index (χ2n) is 5.42. The summed E-state index contributed by atoms with van der Waals surface area (Å²) in [6, 6.07) is 19.8. The second kappa shape index (κ2) is 6.42. The molecule has 1 aromatic heterocycles. The van der Waals surface area contributed by atoms with E-state index in [0.717, 1.165) is 6.54 Å². The van der Waals surface area contributed by atoms with E-state index in [1.165, 1.54) is 21.2 Å². The number of likely N-dealkylation sites (N-methyl/N-ethyl adjacent to an activating group) is 1. The van der Waals surface area contributed by atoms with Crippen LogP contribution in [0.25, 0.3) is 10.1 Å². The maximum Gasteiger partial charge on any atom is 0.0401 e. The second-order valence-corrected chi connectivity index (χ2v) is 6.33. The van der Waals surface area contributed by atoms with E-state index >= 15 is 0 Å². The summed E-state index contributed by atoms with van der Waals surface area (Å²) in [5.74, 6) is 0.448. The number of nitrogens with one attached hydrogen (secondary N) is 1. The highest BCUT2D eigenvalue weighted by atomic mass is 32.1. The zero-order valence-electron chi connectivity index (χ0n) is 12.5. The van der Waals surface area contributed by atoms with Crippen LogP contribution in [0.2, 0.25) is 0 Å². The van der Waals surface area contributed by atoms with Gasteiger partial charge in [-0.15, -0.1) is 11.3 Å². The van der Waals surface area contributed by atoms with Crippen LogP contribution in [-0.2, 0) is 0 Å². The van der Waals surface area contributed by atoms with Gasteiger partial charge in [0, 0.05) is 16.7 Å². The first-order valence-corrected chi connectivity index (χ1v) is 8.43. The summed E-state index contributed by atoms with van der Waals surface area (Å²) in [4.78, 5) is 0. The van der Waals surface area contributed by atoms with Crippen molar-refractivity contribution < 1.29 is 0 Å². The van der Waals surface area contributed by atoms with E-state index in [-0.39, 0.29) is 0 Å². The molecule has 0 bridgehead atoms. The van der Waals surface area contributed by atoms with Crippen molar-refractivity contribution >= 4 is 21.4 Å². The van der Waals surface area contributed by atoms with Crippen LogP contribution >= 0.6 is 11.3 Å². The van der Waals surface area contributed by atoms with E-state index in [1.807, 2.05) is 11.3 Å². The molecule has 21 heavy (non-hydrogen) atoms. The Balaban J connectivity index is 2.01. The highest BCUT2D eigenvalue weighted by Crippen LogP contribution is 2.37. The maximum absolute atomic E-state index is 3.68. The lowest BCUT2D eigenvalue weighted by atomic mass is 9.88. The van der Waals surface area contributed by atoms with Crippen molar-refractivity contribution in [1.82, 2.24) is 5.32 Å². The minimum atomic E-state index is 0.355. The molecule has 0 aliphatic carbocycles. The molecule has 0 saturated carbocycles. The Morgan fingerprint density at radius 1 is 1.00 bits per heavy atom. The van der Waals surface area contributed by atoms with Crippen LogP contribution in [-0.4, -0.2) is 6.54 Å². The number of fused-ring (bicyclic) bond motifs is 1. The van der Waals surface area contributed by atoms with Crippen molar-refractivity contribution in [2.24, 2.45) is 0 Å². The van der Waals surface area contributed by atoms with Gasteiger partial charge in [-0.05, 0) is 34.5 Å². The minimum Gasteiger partial charge on any atom is -0.310 e. The van der Waals surface area contributed by atoms with E-state index < -0.39 is 0 Å². The highest BCUT2D eigenvalue weighted by Gasteiger charge is 2.22. The predicted molar refractivity (Wildman–Crippen MR) is 93.1 cm³/mol. The molecule has 2 unspecified atom stereocenters. The van der Waals surface area contributed by atoms with Crippen LogP contribution in [0.5, 0.6) is 0 Å². The molecule has 108 valence electrons. The third kappa shape index (κ3) is 2.87. The molecule has 1 nitrogen and oxygen atoms in total. The Labute approximate surface area is 130 Å². The molecule has 3 rings (SSSR count). The van der Waals surface area contributed by atoms with Gasteiger partial charge in [0.05, 0.1) is 0 Å². The van der Waals surface area contributed by atoms with Crippen LogP contribution in [0.15, 0.2) is 60.0 Å². The fourth-order valence-corrected chi connectivity index (χ4v) is 3.96. The first-order valence-electron chi connectivity index (χ1n) is 7.55. The predicted octanol–water partition coefficient (Wildman–Crippen LogP) is 5.36. The zero-order valence-corrected chi connectivity index (χ0v) is 13.4. The van der Waals surface area contributed by atoms with Crippen LogP contribution in [0.4, 0.5) is 0 Å². The topological polar surface area (TPSA) is 12.0 Å². The summed E-state index contributed by atoms with van der Waals surface area (Å²) >= 11 is 1.84. The molecule has 1 N–H and O–H groups in total. The van der Waals surface area contributed by atoms with Gasteiger partial charge >= 0.3 is 0 Å². The lowest BCUT2D eigenvalue weighted by molar-refractivity contribution is 0.483. The van der Waals surface area contributed by atoms with E-state index in [4.69, 9.17) is 0 Å². The van der Waals surface area contributed by atoms with E-state index in [2.05, 4.69) is 79.1 Å². The van der Waals surface area contributed by atoms with E-state index in [9.17, 15) is 0 Å². The lowest BCUT2D eigenvalue weighted by Crippen LogP contribution is -2.25. The van der Waals surface area contributed by atoms with Crippen LogP contribution in [0.1, 0.15) is 36.9 Å². The van der Waals surface area contributed by atoms with Gasteiger partial charge in [-0.25, -0.2) is 0 Å². The molecule has 0 spiro atoms. The van der Waals surface area contributed by atoms with Crippen LogP contribution < -0.4 is 5.32 Å². The molecule has 0 aliphatic rings. The summed E-state index contributed by atoms with van der Waals surface area (Å²) in [5.41, 5.74) is 2.81. The smallest absolute Gasteiger partial charge is 0.0401 e. The largest absolute Gasteiger partial charge is 0.310 e. The minimum absolute atomic E-state index is 0.355. The standard InChI is InChI=1S/C19H21NS/c1-3-20-19(14(2)15-9-5-4-6-10-15)17-13-21-18-12-8-7-11-16(17)18/h4-14,19-20H,3H2,1-2H3. The van der Waals surface area contributed by atoms with Gasteiger partial charge in [-0.2, -0.15) is 0 Å². The molecule has 0 saturated heterocycles. The molecule has 0 amide bonds. The van der Waals surface area contributed by atoms with E-state index in [1.54, 1.807) is 0 Å². The monoisotopic (exact) mass is 295 g/mol. The van der Waals surface area contributed by atoms with Gasteiger partial charge < -0.3 is 5.32 Å². The van der Waals surface area contributed by atoms with Crippen molar-refractivity contribution in [3.05, 3.63) is 71.1 Å². The molecule has 3 aromatic rings. The molecular formula is C19H21NS. The Morgan fingerprint density at radius 3 is 2.48 bits per heavy atom. The number of hydrogen-bond acceptors (Lipinski definition) is 2. The van der Waals surface area contributed by atoms with Crippen molar-refractivity contribution in [3.8, 4) is 0 Å². The van der Waals surface area contributed by atoms with Gasteiger partial charge in [-0.1, -0.05) is 62.4 Å². The van der Waals surface area contributed by atoms with Gasteiger partial charge in [0.15, 0.2) is 0 Å². The lowest BCUT2D eigenvalue weighted by Gasteiger charge is -2.25. The third-order valence-electron chi connectivity index (χ3n) is 4.10. The fourth-order valence-electron chi connectivity index (χ4n) is 2.96. The zero-order chi connectivity index (χ0) is 14.7. The van der Waals surface area contributed by atoms with Gasteiger partial charge in [0.2, 0.25) is 0 Å². The Bertz CT molecular complexity index is 702.